The van der Waals surface area contributed by atoms with Crippen LogP contribution < -0.4 is 10.6 Å². The molecule has 14 nitrogen and oxygen atoms in total. The number of hydrogen-bond donors (Lipinski definition) is 2. The number of benzene rings is 2. The van der Waals surface area contributed by atoms with E-state index in [1.54, 1.807) is 34.9 Å². The summed E-state index contributed by atoms with van der Waals surface area (Å²) in [5, 5.41) is 9.93. The van der Waals surface area contributed by atoms with Crippen molar-refractivity contribution in [1.82, 2.24) is 34.3 Å². The number of carbonyl (C=O) groups is 4. The Bertz CT molecular complexity index is 2040. The molecule has 2 fully saturated rings. The molecule has 0 bridgehead atoms. The molecular weight excluding hydrogens is 636 g/mol. The van der Waals surface area contributed by atoms with Gasteiger partial charge >= 0.3 is 0 Å². The summed E-state index contributed by atoms with van der Waals surface area (Å²) in [5.74, 6) is -2.18. The van der Waals surface area contributed by atoms with E-state index in [-0.39, 0.29) is 35.8 Å². The fourth-order valence-electron chi connectivity index (χ4n) is 6.50. The number of rotatable bonds is 10. The fourth-order valence-corrected chi connectivity index (χ4v) is 8.10. The summed E-state index contributed by atoms with van der Waals surface area (Å²) in [6, 6.07) is 11.5. The maximum atomic E-state index is 13.1. The summed E-state index contributed by atoms with van der Waals surface area (Å²) in [7, 11) is -3.42. The molecule has 2 aromatic carbocycles. The maximum absolute atomic E-state index is 13.1. The third-order valence-electron chi connectivity index (χ3n) is 9.13. The number of sulfonamides is 1. The maximum Gasteiger partial charge on any atom is 0.262 e. The second-order valence-corrected chi connectivity index (χ2v) is 14.3. The second-order valence-electron chi connectivity index (χ2n) is 12.2. The number of aromatic nitrogens is 4. The highest BCUT2D eigenvalue weighted by Gasteiger charge is 2.44. The van der Waals surface area contributed by atoms with E-state index in [0.29, 0.717) is 51.0 Å². The molecule has 4 aromatic rings. The number of nitrogens with zero attached hydrogens (tertiary/aromatic N) is 6. The highest BCUT2D eigenvalue weighted by molar-refractivity contribution is 7.89. The Balaban J connectivity index is 0.869. The van der Waals surface area contributed by atoms with E-state index < -0.39 is 39.7 Å². The Kier molecular flexibility index (Phi) is 8.47. The van der Waals surface area contributed by atoms with Crippen LogP contribution in [-0.4, -0.2) is 92.4 Å². The van der Waals surface area contributed by atoms with Crippen LogP contribution in [0.25, 0.3) is 22.3 Å². The summed E-state index contributed by atoms with van der Waals surface area (Å²) in [5.41, 5.74) is 4.26. The number of anilines is 1. The van der Waals surface area contributed by atoms with Gasteiger partial charge in [-0.3, -0.25) is 39.1 Å². The van der Waals surface area contributed by atoms with Crippen LogP contribution in [0.3, 0.4) is 0 Å². The van der Waals surface area contributed by atoms with Crippen LogP contribution in [0.2, 0.25) is 0 Å². The predicted molar refractivity (Wildman–Crippen MR) is 175 cm³/mol. The molecule has 2 saturated heterocycles. The fraction of sp³-hybridized carbons (Fsp3) is 0.364. The van der Waals surface area contributed by atoms with Crippen molar-refractivity contribution in [3.8, 4) is 11.3 Å². The highest BCUT2D eigenvalue weighted by Crippen LogP contribution is 2.30. The van der Waals surface area contributed by atoms with Gasteiger partial charge in [0.05, 0.1) is 52.0 Å². The lowest BCUT2D eigenvalue weighted by Gasteiger charge is -2.31. The van der Waals surface area contributed by atoms with Crippen molar-refractivity contribution in [2.45, 2.75) is 50.6 Å². The minimum Gasteiger partial charge on any atom is -0.385 e. The molecule has 2 N–H and O–H groups in total. The minimum atomic E-state index is -3.42. The molecule has 1 unspecified atom stereocenters. The van der Waals surface area contributed by atoms with Gasteiger partial charge in [-0.1, -0.05) is 12.1 Å². The lowest BCUT2D eigenvalue weighted by molar-refractivity contribution is -0.136. The van der Waals surface area contributed by atoms with Gasteiger partial charge in [-0.05, 0) is 62.4 Å². The van der Waals surface area contributed by atoms with Gasteiger partial charge in [0.15, 0.2) is 0 Å². The van der Waals surface area contributed by atoms with Crippen LogP contribution in [0, 0.1) is 0 Å². The van der Waals surface area contributed by atoms with E-state index in [4.69, 9.17) is 4.98 Å². The average Bonchev–Trinajstić information content (AvgIpc) is 3.68. The topological polar surface area (TPSA) is 177 Å². The van der Waals surface area contributed by atoms with Crippen molar-refractivity contribution in [2.75, 3.05) is 30.7 Å². The molecule has 48 heavy (non-hydrogen) atoms. The molecule has 15 heteroatoms. The van der Waals surface area contributed by atoms with Gasteiger partial charge in [-0.25, -0.2) is 17.7 Å². The summed E-state index contributed by atoms with van der Waals surface area (Å²) in [6.45, 7) is 1.32. The van der Waals surface area contributed by atoms with Crippen molar-refractivity contribution < 1.29 is 27.6 Å². The summed E-state index contributed by atoms with van der Waals surface area (Å²) in [4.78, 5) is 59.8. The highest BCUT2D eigenvalue weighted by atomic mass is 32.2. The number of imide groups is 2. The third kappa shape index (κ3) is 6.18. The summed E-state index contributed by atoms with van der Waals surface area (Å²) >= 11 is 0. The van der Waals surface area contributed by atoms with E-state index in [1.807, 2.05) is 35.1 Å². The molecule has 4 amide bonds. The number of amides is 4. The lowest BCUT2D eigenvalue weighted by atomic mass is 10.0. The Hall–Kier alpha value is -5.02. The first-order chi connectivity index (χ1) is 23.2. The number of para-hydroxylation sites is 2. The minimum absolute atomic E-state index is 0.0317. The standard InChI is InChI=1S/C33H34N8O6S/c42-30-10-9-29(31(43)38-30)41-32(44)24-8-7-22(17-25(24)33(41)45)34-13-3-4-16-48(46,47)39-14-11-23(12-15-39)40-20-21(18-36-40)28-19-35-26-5-1-2-6-27(26)37-28/h1-2,5-8,17-20,23,29,34H,3-4,9-16H2,(H,38,42,43). The molecule has 2 aromatic heterocycles. The number of fused-ring (bicyclic) bond motifs is 2. The second kappa shape index (κ2) is 12.9. The lowest BCUT2D eigenvalue weighted by Crippen LogP contribution is -2.54. The van der Waals surface area contributed by atoms with E-state index in [2.05, 4.69) is 20.7 Å². The van der Waals surface area contributed by atoms with Gasteiger partial charge in [0.25, 0.3) is 11.8 Å². The zero-order valence-electron chi connectivity index (χ0n) is 26.0. The summed E-state index contributed by atoms with van der Waals surface area (Å²) < 4.78 is 29.7. The van der Waals surface area contributed by atoms with Crippen LogP contribution >= 0.6 is 0 Å². The van der Waals surface area contributed by atoms with Crippen molar-refractivity contribution in [1.29, 1.82) is 0 Å². The largest absolute Gasteiger partial charge is 0.385 e. The monoisotopic (exact) mass is 670 g/mol. The molecule has 7 rings (SSSR count). The number of carbonyl (C=O) groups excluding carboxylic acids is 4. The number of unbranched alkanes of at least 4 members (excludes halogenated alkanes) is 1. The van der Waals surface area contributed by atoms with Gasteiger partial charge in [-0.2, -0.15) is 5.10 Å². The van der Waals surface area contributed by atoms with E-state index in [9.17, 15) is 27.6 Å². The Morgan fingerprint density at radius 1 is 0.896 bits per heavy atom. The molecule has 1 atom stereocenters. The van der Waals surface area contributed by atoms with Crippen LogP contribution in [0.5, 0.6) is 0 Å². The average molecular weight is 671 g/mol. The van der Waals surface area contributed by atoms with Crippen LogP contribution in [0.1, 0.15) is 65.3 Å². The van der Waals surface area contributed by atoms with Gasteiger partial charge < -0.3 is 5.32 Å². The van der Waals surface area contributed by atoms with Gasteiger partial charge in [0.2, 0.25) is 21.8 Å². The molecule has 0 radical (unpaired) electrons. The van der Waals surface area contributed by atoms with Crippen LogP contribution in [0.15, 0.2) is 61.1 Å². The Morgan fingerprint density at radius 2 is 1.67 bits per heavy atom. The Labute approximate surface area is 276 Å². The van der Waals surface area contributed by atoms with Crippen LogP contribution in [-0.2, 0) is 19.6 Å². The van der Waals surface area contributed by atoms with Crippen LogP contribution in [0.4, 0.5) is 5.69 Å². The normalized spacial score (nSPS) is 19.2. The molecule has 248 valence electrons. The van der Waals surface area contributed by atoms with E-state index in [0.717, 1.165) is 27.2 Å². The van der Waals surface area contributed by atoms with E-state index in [1.165, 1.54) is 0 Å². The first-order valence-corrected chi connectivity index (χ1v) is 17.6. The zero-order valence-corrected chi connectivity index (χ0v) is 26.9. The van der Waals surface area contributed by atoms with E-state index >= 15 is 0 Å². The van der Waals surface area contributed by atoms with Gasteiger partial charge in [0.1, 0.15) is 6.04 Å². The third-order valence-corrected chi connectivity index (χ3v) is 11.1. The zero-order chi connectivity index (χ0) is 33.4. The molecule has 3 aliphatic rings. The van der Waals surface area contributed by atoms with Crippen molar-refractivity contribution in [2.24, 2.45) is 0 Å². The SMILES string of the molecule is O=C1CCC(N2C(=O)c3ccc(NCCCCS(=O)(=O)N4CCC(n5cc(-c6cnc7ccccc7n6)cn5)CC4)cc3C2=O)C(=O)N1. The molecule has 0 aliphatic carbocycles. The number of nitrogens with one attached hydrogen (secondary N) is 2. The number of piperidine rings is 2. The number of hydrogen-bond acceptors (Lipinski definition) is 10. The van der Waals surface area contributed by atoms with Gasteiger partial charge in [-0.15, -0.1) is 0 Å². The molecule has 0 saturated carbocycles. The molecular formula is C33H34N8O6S. The molecule has 0 spiro atoms. The smallest absolute Gasteiger partial charge is 0.262 e. The molecule has 3 aliphatic heterocycles. The summed E-state index contributed by atoms with van der Waals surface area (Å²) in [6.07, 6.45) is 7.96. The molecule has 5 heterocycles. The first kappa shape index (κ1) is 31.6. The van der Waals surface area contributed by atoms with Crippen molar-refractivity contribution in [3.63, 3.8) is 0 Å². The van der Waals surface area contributed by atoms with Gasteiger partial charge in [0, 0.05) is 43.5 Å². The van der Waals surface area contributed by atoms with Crippen molar-refractivity contribution >= 4 is 50.4 Å². The first-order valence-electron chi connectivity index (χ1n) is 16.0. The predicted octanol–water partition coefficient (Wildman–Crippen LogP) is 2.75. The Morgan fingerprint density at radius 3 is 2.46 bits per heavy atom. The van der Waals surface area contributed by atoms with Crippen molar-refractivity contribution in [3.05, 3.63) is 72.2 Å². The quantitative estimate of drug-likeness (QED) is 0.188.